The molecule has 1 N–H and O–H groups in total. The second kappa shape index (κ2) is 7.98. The van der Waals surface area contributed by atoms with E-state index in [2.05, 4.69) is 10.4 Å². The van der Waals surface area contributed by atoms with Crippen LogP contribution in [0.15, 0.2) is 84.9 Å². The van der Waals surface area contributed by atoms with Crippen LogP contribution in [0, 0.1) is 5.82 Å². The number of aromatic nitrogens is 2. The Kier molecular flexibility index (Phi) is 5.07. The van der Waals surface area contributed by atoms with Gasteiger partial charge < -0.3 is 10.1 Å². The van der Waals surface area contributed by atoms with Gasteiger partial charge in [0.2, 0.25) is 0 Å². The number of halogens is 1. The predicted molar refractivity (Wildman–Crippen MR) is 110 cm³/mol. The summed E-state index contributed by atoms with van der Waals surface area (Å²) in [5, 5.41) is 7.40. The van der Waals surface area contributed by atoms with Gasteiger partial charge >= 0.3 is 0 Å². The number of amides is 1. The molecule has 1 amide bonds. The minimum atomic E-state index is -0.379. The molecule has 4 aromatic rings. The fraction of sp³-hybridized carbons (Fsp3) is 0.0435. The van der Waals surface area contributed by atoms with Crippen molar-refractivity contribution in [1.82, 2.24) is 9.78 Å². The Labute approximate surface area is 167 Å². The maximum Gasteiger partial charge on any atom is 0.256 e. The Balaban J connectivity index is 1.75. The van der Waals surface area contributed by atoms with Crippen molar-refractivity contribution >= 4 is 11.7 Å². The summed E-state index contributed by atoms with van der Waals surface area (Å²) in [5.74, 6) is 0.320. The molecule has 29 heavy (non-hydrogen) atoms. The Morgan fingerprint density at radius 2 is 1.72 bits per heavy atom. The number of ether oxygens (including phenoxy) is 1. The third kappa shape index (κ3) is 3.87. The molecule has 0 saturated carbocycles. The SMILES string of the molecule is COc1cccc(C(=O)Nc2cc(-c3ccccc3F)nn2-c2ccccc2)c1. The fourth-order valence-electron chi connectivity index (χ4n) is 2.99. The van der Waals surface area contributed by atoms with Crippen molar-refractivity contribution in [3.05, 3.63) is 96.3 Å². The first-order valence-corrected chi connectivity index (χ1v) is 9.01. The van der Waals surface area contributed by atoms with Crippen molar-refractivity contribution in [2.45, 2.75) is 0 Å². The van der Waals surface area contributed by atoms with Gasteiger partial charge in [0, 0.05) is 17.2 Å². The molecule has 0 aliphatic rings. The van der Waals surface area contributed by atoms with E-state index < -0.39 is 0 Å². The molecule has 0 aliphatic heterocycles. The lowest BCUT2D eigenvalue weighted by Gasteiger charge is -2.09. The van der Waals surface area contributed by atoms with Crippen LogP contribution in [0.4, 0.5) is 10.2 Å². The molecular weight excluding hydrogens is 369 g/mol. The van der Waals surface area contributed by atoms with Gasteiger partial charge in [-0.1, -0.05) is 36.4 Å². The lowest BCUT2D eigenvalue weighted by molar-refractivity contribution is 0.102. The summed E-state index contributed by atoms with van der Waals surface area (Å²) in [5.41, 5.74) is 1.97. The van der Waals surface area contributed by atoms with Crippen LogP contribution < -0.4 is 10.1 Å². The number of benzene rings is 3. The number of carbonyl (C=O) groups is 1. The molecule has 0 spiro atoms. The summed E-state index contributed by atoms with van der Waals surface area (Å²) in [6, 6.07) is 24.3. The molecular formula is C23H18FN3O2. The van der Waals surface area contributed by atoms with Gasteiger partial charge in [0.1, 0.15) is 17.4 Å². The number of anilines is 1. The van der Waals surface area contributed by atoms with Gasteiger partial charge in [-0.3, -0.25) is 4.79 Å². The second-order valence-electron chi connectivity index (χ2n) is 6.33. The van der Waals surface area contributed by atoms with Crippen molar-refractivity contribution in [3.63, 3.8) is 0 Å². The number of hydrogen-bond acceptors (Lipinski definition) is 3. The molecule has 0 unspecified atom stereocenters. The molecule has 0 radical (unpaired) electrons. The molecule has 5 nitrogen and oxygen atoms in total. The van der Waals surface area contributed by atoms with Gasteiger partial charge in [-0.05, 0) is 42.5 Å². The van der Waals surface area contributed by atoms with Gasteiger partial charge in [-0.15, -0.1) is 0 Å². The summed E-state index contributed by atoms with van der Waals surface area (Å²) < 4.78 is 21.0. The van der Waals surface area contributed by atoms with E-state index in [0.29, 0.717) is 28.4 Å². The fourth-order valence-corrected chi connectivity index (χ4v) is 2.99. The molecule has 144 valence electrons. The van der Waals surface area contributed by atoms with Crippen molar-refractivity contribution in [2.75, 3.05) is 12.4 Å². The summed E-state index contributed by atoms with van der Waals surface area (Å²) in [4.78, 5) is 12.8. The number of methoxy groups -OCH3 is 1. The van der Waals surface area contributed by atoms with Crippen LogP contribution in [0.2, 0.25) is 0 Å². The average molecular weight is 387 g/mol. The Morgan fingerprint density at radius 1 is 0.966 bits per heavy atom. The highest BCUT2D eigenvalue weighted by Crippen LogP contribution is 2.27. The molecule has 0 fully saturated rings. The van der Waals surface area contributed by atoms with Crippen molar-refractivity contribution in [2.24, 2.45) is 0 Å². The minimum Gasteiger partial charge on any atom is -0.497 e. The van der Waals surface area contributed by atoms with Gasteiger partial charge in [0.25, 0.3) is 5.91 Å². The van der Waals surface area contributed by atoms with Crippen LogP contribution >= 0.6 is 0 Å². The zero-order valence-electron chi connectivity index (χ0n) is 15.7. The quantitative estimate of drug-likeness (QED) is 0.528. The number of nitrogens with one attached hydrogen (secondary N) is 1. The lowest BCUT2D eigenvalue weighted by Crippen LogP contribution is -2.15. The van der Waals surface area contributed by atoms with Crippen LogP contribution in [0.3, 0.4) is 0 Å². The first-order chi connectivity index (χ1) is 14.2. The second-order valence-corrected chi connectivity index (χ2v) is 6.33. The van der Waals surface area contributed by atoms with E-state index in [0.717, 1.165) is 5.69 Å². The van der Waals surface area contributed by atoms with Crippen molar-refractivity contribution in [1.29, 1.82) is 0 Å². The maximum atomic E-state index is 14.3. The van der Waals surface area contributed by atoms with Crippen LogP contribution in [-0.4, -0.2) is 22.8 Å². The topological polar surface area (TPSA) is 56.1 Å². The number of hydrogen-bond donors (Lipinski definition) is 1. The van der Waals surface area contributed by atoms with Crippen LogP contribution in [-0.2, 0) is 0 Å². The molecule has 1 aromatic heterocycles. The normalized spacial score (nSPS) is 10.6. The summed E-state index contributed by atoms with van der Waals surface area (Å²) in [6.07, 6.45) is 0. The Morgan fingerprint density at radius 3 is 2.48 bits per heavy atom. The van der Waals surface area contributed by atoms with Gasteiger partial charge in [-0.25, -0.2) is 9.07 Å². The molecule has 1 heterocycles. The summed E-state index contributed by atoms with van der Waals surface area (Å²) in [6.45, 7) is 0. The first-order valence-electron chi connectivity index (χ1n) is 9.01. The van der Waals surface area contributed by atoms with E-state index in [4.69, 9.17) is 4.74 Å². The largest absolute Gasteiger partial charge is 0.497 e. The van der Waals surface area contributed by atoms with E-state index in [1.807, 2.05) is 30.3 Å². The zero-order chi connectivity index (χ0) is 20.2. The number of carbonyl (C=O) groups excluding carboxylic acids is 1. The van der Waals surface area contributed by atoms with Crippen LogP contribution in [0.1, 0.15) is 10.4 Å². The highest BCUT2D eigenvalue weighted by molar-refractivity contribution is 6.04. The number of nitrogens with zero attached hydrogens (tertiary/aromatic N) is 2. The third-order valence-corrected chi connectivity index (χ3v) is 4.43. The van der Waals surface area contributed by atoms with E-state index in [1.165, 1.54) is 6.07 Å². The van der Waals surface area contributed by atoms with Crippen LogP contribution in [0.25, 0.3) is 16.9 Å². The van der Waals surface area contributed by atoms with E-state index in [9.17, 15) is 9.18 Å². The average Bonchev–Trinajstić information content (AvgIpc) is 3.18. The van der Waals surface area contributed by atoms with Crippen LogP contribution in [0.5, 0.6) is 5.75 Å². The van der Waals surface area contributed by atoms with E-state index in [1.54, 1.807) is 60.3 Å². The smallest absolute Gasteiger partial charge is 0.256 e. The molecule has 6 heteroatoms. The minimum absolute atomic E-state index is 0.318. The molecule has 3 aromatic carbocycles. The highest BCUT2D eigenvalue weighted by Gasteiger charge is 2.16. The molecule has 4 rings (SSSR count). The monoisotopic (exact) mass is 387 g/mol. The molecule has 0 atom stereocenters. The summed E-state index contributed by atoms with van der Waals surface area (Å²) in [7, 11) is 1.54. The van der Waals surface area contributed by atoms with Gasteiger partial charge in [0.05, 0.1) is 18.5 Å². The molecule has 0 saturated heterocycles. The van der Waals surface area contributed by atoms with Crippen molar-refractivity contribution in [3.8, 4) is 22.7 Å². The standard InChI is InChI=1S/C23H18FN3O2/c1-29-18-11-7-8-16(14-18)23(28)25-22-15-21(19-12-5-6-13-20(19)24)26-27(22)17-9-3-2-4-10-17/h2-15H,1H3,(H,25,28). The Hall–Kier alpha value is -3.93. The predicted octanol–water partition coefficient (Wildman–Crippen LogP) is 4.94. The zero-order valence-corrected chi connectivity index (χ0v) is 15.7. The first kappa shape index (κ1) is 18.4. The van der Waals surface area contributed by atoms with Crippen molar-refractivity contribution < 1.29 is 13.9 Å². The van der Waals surface area contributed by atoms with Gasteiger partial charge in [-0.2, -0.15) is 5.10 Å². The van der Waals surface area contributed by atoms with E-state index >= 15 is 0 Å². The Bertz CT molecular complexity index is 1160. The molecule has 0 aliphatic carbocycles. The molecule has 0 bridgehead atoms. The lowest BCUT2D eigenvalue weighted by atomic mass is 10.1. The number of rotatable bonds is 5. The van der Waals surface area contributed by atoms with Gasteiger partial charge in [0.15, 0.2) is 0 Å². The van der Waals surface area contributed by atoms with E-state index in [-0.39, 0.29) is 11.7 Å². The summed E-state index contributed by atoms with van der Waals surface area (Å²) >= 11 is 0. The number of para-hydroxylation sites is 1. The third-order valence-electron chi connectivity index (χ3n) is 4.43. The highest BCUT2D eigenvalue weighted by atomic mass is 19.1. The maximum absolute atomic E-state index is 14.3.